The molecule has 15 nitrogen and oxygen atoms in total. The number of cyclic esters (lactones) is 1. The largest absolute Gasteiger partial charge is 0.496 e. The third-order valence-electron chi connectivity index (χ3n) is 10.6. The number of halogens is 1. The molecule has 302 valence electrons. The summed E-state index contributed by atoms with van der Waals surface area (Å²) >= 11 is 6.73. The second kappa shape index (κ2) is 17.5. The van der Waals surface area contributed by atoms with E-state index in [4.69, 9.17) is 45.8 Å². The summed E-state index contributed by atoms with van der Waals surface area (Å²) < 4.78 is 33.9. The second-order valence-electron chi connectivity index (χ2n) is 14.3. The number of nitrogens with zero attached hydrogens (tertiary/aromatic N) is 2. The summed E-state index contributed by atoms with van der Waals surface area (Å²) in [6.07, 6.45) is -1.89. The molecule has 0 radical (unpaired) electrons. The Morgan fingerprint density at radius 3 is 2.42 bits per heavy atom. The number of hydrogen-bond acceptors (Lipinski definition) is 12. The highest BCUT2D eigenvalue weighted by molar-refractivity contribution is 6.35. The molecule has 0 spiro atoms. The summed E-state index contributed by atoms with van der Waals surface area (Å²) in [5.41, 5.74) is 5.86. The zero-order chi connectivity index (χ0) is 41.0. The van der Waals surface area contributed by atoms with Crippen molar-refractivity contribution >= 4 is 46.9 Å². The van der Waals surface area contributed by atoms with Gasteiger partial charge in [-0.05, 0) is 70.9 Å². The van der Waals surface area contributed by atoms with Gasteiger partial charge in [0.05, 0.1) is 38.0 Å². The van der Waals surface area contributed by atoms with Crippen molar-refractivity contribution in [3.8, 4) is 11.5 Å². The number of anilines is 2. The molecular weight excluding hydrogens is 736 g/mol. The highest BCUT2D eigenvalue weighted by Gasteiger charge is 2.61. The zero-order valence-electron chi connectivity index (χ0n) is 33.1. The van der Waals surface area contributed by atoms with Crippen LogP contribution < -0.4 is 25.4 Å². The molecule has 0 aromatic heterocycles. The van der Waals surface area contributed by atoms with Crippen LogP contribution >= 0.6 is 11.6 Å². The zero-order valence-corrected chi connectivity index (χ0v) is 33.8. The van der Waals surface area contributed by atoms with Crippen molar-refractivity contribution in [2.45, 2.75) is 102 Å². The van der Waals surface area contributed by atoms with Crippen LogP contribution in [0, 0.1) is 0 Å². The molecule has 2 saturated heterocycles. The molecular formula is C39H53ClN4O11. The Balaban J connectivity index is 1.62. The van der Waals surface area contributed by atoms with Crippen molar-refractivity contribution in [1.29, 1.82) is 0 Å². The number of alkyl carbamates (subject to hydrolysis) is 1. The molecule has 2 fully saturated rings. The Labute approximate surface area is 326 Å². The number of aliphatic hydroxyl groups is 1. The van der Waals surface area contributed by atoms with Crippen molar-refractivity contribution < 1.29 is 52.7 Å². The average molecular weight is 789 g/mol. The van der Waals surface area contributed by atoms with Crippen LogP contribution in [0.5, 0.6) is 11.5 Å². The summed E-state index contributed by atoms with van der Waals surface area (Å²) in [6.45, 7) is 8.73. The van der Waals surface area contributed by atoms with E-state index in [0.717, 1.165) is 11.1 Å². The van der Waals surface area contributed by atoms with Crippen LogP contribution in [0.2, 0.25) is 5.02 Å². The highest BCUT2D eigenvalue weighted by Crippen LogP contribution is 2.47. The topological polar surface area (TPSA) is 192 Å². The molecule has 3 amide bonds. The van der Waals surface area contributed by atoms with Crippen molar-refractivity contribution in [3.05, 3.63) is 58.1 Å². The first-order valence-electron chi connectivity index (χ1n) is 17.9. The minimum atomic E-state index is -1.70. The predicted octanol–water partition coefficient (Wildman–Crippen LogP) is 4.64. The standard InChI is InChI=1S/C39H53ClN4O11/c1-11-21(2)14-24-15-28(34(40)30(16-24)52-10)44(7)33(45)19-31(38(5)32(55-38)18-26-20-39(49,23(4)50-8)42-37(48)53-26)54-36(47)22(3)43(6)35(46)27-13-12-25(41)17-29(27)51-9/h11-13,15-17,22-23,26,31-32,49H,14,18-20,41H2,1-10H3,(H,42,48)/b21-11+/t22-,23+,26+,31-,32+,38-,39-/m0/s1. The normalized spacial score (nSPS) is 23.7. The molecule has 7 atom stereocenters. The third kappa shape index (κ3) is 9.63. The lowest BCUT2D eigenvalue weighted by Crippen LogP contribution is -2.62. The minimum Gasteiger partial charge on any atom is -0.496 e. The number of amides is 3. The third-order valence-corrected chi connectivity index (χ3v) is 11.0. The first-order chi connectivity index (χ1) is 25.8. The van der Waals surface area contributed by atoms with E-state index in [1.54, 1.807) is 33.0 Å². The number of methoxy groups -OCH3 is 3. The van der Waals surface area contributed by atoms with Crippen LogP contribution in [-0.2, 0) is 35.0 Å². The lowest BCUT2D eigenvalue weighted by atomic mass is 9.90. The van der Waals surface area contributed by atoms with E-state index in [1.807, 2.05) is 26.0 Å². The Morgan fingerprint density at radius 1 is 1.13 bits per heavy atom. The quantitative estimate of drug-likeness (QED) is 0.0926. The van der Waals surface area contributed by atoms with Crippen LogP contribution in [0.15, 0.2) is 42.0 Å². The monoisotopic (exact) mass is 788 g/mol. The number of benzene rings is 2. The number of hydrogen-bond donors (Lipinski definition) is 3. The number of epoxide rings is 1. The number of likely N-dealkylation sites (N-methyl/N-ethyl adjacent to an activating group) is 1. The fourth-order valence-electron chi connectivity index (χ4n) is 6.46. The van der Waals surface area contributed by atoms with E-state index in [2.05, 4.69) is 5.32 Å². The van der Waals surface area contributed by atoms with E-state index in [1.165, 1.54) is 57.2 Å². The van der Waals surface area contributed by atoms with Gasteiger partial charge in [0.2, 0.25) is 5.91 Å². The maximum Gasteiger partial charge on any atom is 0.409 e. The number of nitrogen functional groups attached to an aromatic ring is 1. The van der Waals surface area contributed by atoms with Crippen molar-refractivity contribution in [1.82, 2.24) is 10.2 Å². The summed E-state index contributed by atoms with van der Waals surface area (Å²) in [5.74, 6) is -1.17. The summed E-state index contributed by atoms with van der Waals surface area (Å²) in [7, 11) is 7.31. The van der Waals surface area contributed by atoms with Crippen LogP contribution in [0.4, 0.5) is 16.2 Å². The van der Waals surface area contributed by atoms with Crippen molar-refractivity contribution in [2.24, 2.45) is 0 Å². The molecule has 2 aromatic rings. The first-order valence-corrected chi connectivity index (χ1v) is 18.3. The lowest BCUT2D eigenvalue weighted by Gasteiger charge is -2.40. The Kier molecular flexibility index (Phi) is 13.7. The molecule has 0 aliphatic carbocycles. The van der Waals surface area contributed by atoms with E-state index >= 15 is 0 Å². The van der Waals surface area contributed by atoms with Gasteiger partial charge in [-0.2, -0.15) is 0 Å². The van der Waals surface area contributed by atoms with Gasteiger partial charge < -0.3 is 49.1 Å². The maximum atomic E-state index is 14.1. The summed E-state index contributed by atoms with van der Waals surface area (Å²) in [6, 6.07) is 7.05. The van der Waals surface area contributed by atoms with Gasteiger partial charge in [-0.3, -0.25) is 14.9 Å². The summed E-state index contributed by atoms with van der Waals surface area (Å²) in [5, 5.41) is 13.8. The van der Waals surface area contributed by atoms with E-state index in [9.17, 15) is 24.3 Å². The highest BCUT2D eigenvalue weighted by atomic mass is 35.5. The number of carbonyl (C=O) groups excluding carboxylic acids is 4. The van der Waals surface area contributed by atoms with Gasteiger partial charge in [0.25, 0.3) is 5.91 Å². The SMILES string of the molecule is C/C=C(\C)Cc1cc(OC)c(Cl)c(N(C)C(=O)C[C@H](OC(=O)[C@H](C)N(C)C(=O)c2ccc(N)cc2OC)[C@]2(C)O[C@@H]2C[C@@H]2C[C@](O)([C@@H](C)OC)NC(=O)O2)c1. The summed E-state index contributed by atoms with van der Waals surface area (Å²) in [4.78, 5) is 56.6. The van der Waals surface area contributed by atoms with Crippen LogP contribution in [0.25, 0.3) is 0 Å². The predicted molar refractivity (Wildman–Crippen MR) is 205 cm³/mol. The molecule has 55 heavy (non-hydrogen) atoms. The van der Waals surface area contributed by atoms with Gasteiger partial charge in [-0.25, -0.2) is 9.59 Å². The molecule has 2 heterocycles. The molecule has 0 bridgehead atoms. The Hall–Kier alpha value is -4.57. The smallest absolute Gasteiger partial charge is 0.409 e. The number of rotatable bonds is 16. The number of esters is 1. The number of nitrogens with two attached hydrogens (primary N) is 1. The number of ether oxygens (including phenoxy) is 6. The van der Waals surface area contributed by atoms with Gasteiger partial charge in [-0.15, -0.1) is 0 Å². The number of carbonyl (C=O) groups is 4. The molecule has 16 heteroatoms. The second-order valence-corrected chi connectivity index (χ2v) is 14.6. The molecule has 4 N–H and O–H groups in total. The van der Waals surface area contributed by atoms with Crippen molar-refractivity contribution in [3.63, 3.8) is 0 Å². The molecule has 2 aliphatic heterocycles. The van der Waals surface area contributed by atoms with Gasteiger partial charge in [-0.1, -0.05) is 23.3 Å². The van der Waals surface area contributed by atoms with Crippen LogP contribution in [0.3, 0.4) is 0 Å². The minimum absolute atomic E-state index is 0.0162. The lowest BCUT2D eigenvalue weighted by molar-refractivity contribution is -0.158. The van der Waals surface area contributed by atoms with Crippen molar-refractivity contribution in [2.75, 3.05) is 46.1 Å². The van der Waals surface area contributed by atoms with Gasteiger partial charge in [0.15, 0.2) is 5.72 Å². The molecule has 0 unspecified atom stereocenters. The van der Waals surface area contributed by atoms with Crippen LogP contribution in [-0.4, -0.2) is 111 Å². The Morgan fingerprint density at radius 2 is 1.80 bits per heavy atom. The number of nitrogens with one attached hydrogen (secondary N) is 1. The van der Waals surface area contributed by atoms with E-state index in [-0.39, 0.29) is 35.6 Å². The first kappa shape index (κ1) is 43.2. The Bertz CT molecular complexity index is 1810. The van der Waals surface area contributed by atoms with Gasteiger partial charge >= 0.3 is 12.1 Å². The number of allylic oxidation sites excluding steroid dienone is 2. The van der Waals surface area contributed by atoms with E-state index in [0.29, 0.717) is 23.5 Å². The molecule has 4 rings (SSSR count). The fraction of sp³-hybridized carbons (Fsp3) is 0.538. The average Bonchev–Trinajstić information content (AvgIpc) is 3.81. The molecule has 2 aliphatic rings. The van der Waals surface area contributed by atoms with E-state index < -0.39 is 65.7 Å². The maximum absolute atomic E-state index is 14.1. The van der Waals surface area contributed by atoms with Gasteiger partial charge in [0.1, 0.15) is 46.5 Å². The van der Waals surface area contributed by atoms with Gasteiger partial charge in [0, 0.05) is 45.8 Å². The molecule has 2 aromatic carbocycles. The molecule has 0 saturated carbocycles. The fourth-order valence-corrected chi connectivity index (χ4v) is 6.78. The van der Waals surface area contributed by atoms with Crippen LogP contribution in [0.1, 0.15) is 69.8 Å².